The zero-order valence-corrected chi connectivity index (χ0v) is 12.8. The van der Waals surface area contributed by atoms with Crippen LogP contribution in [0, 0.1) is 6.92 Å². The van der Waals surface area contributed by atoms with E-state index >= 15 is 0 Å². The SMILES string of the molecule is COCCNC(=O)COc1c(C)cccc1CNC1CC1. The Bertz CT molecular complexity index is 473. The average Bonchev–Trinajstić information content (AvgIpc) is 3.28. The van der Waals surface area contributed by atoms with Gasteiger partial charge in [-0.2, -0.15) is 0 Å². The fraction of sp³-hybridized carbons (Fsp3) is 0.562. The molecule has 0 unspecified atom stereocenters. The monoisotopic (exact) mass is 292 g/mol. The normalized spacial score (nSPS) is 14.0. The second-order valence-corrected chi connectivity index (χ2v) is 5.35. The van der Waals surface area contributed by atoms with Gasteiger partial charge < -0.3 is 20.1 Å². The molecule has 0 aromatic heterocycles. The molecule has 1 aromatic carbocycles. The van der Waals surface area contributed by atoms with E-state index in [0.717, 1.165) is 23.4 Å². The van der Waals surface area contributed by atoms with E-state index in [4.69, 9.17) is 9.47 Å². The van der Waals surface area contributed by atoms with Crippen LogP contribution in [0.15, 0.2) is 18.2 Å². The highest BCUT2D eigenvalue weighted by molar-refractivity contribution is 5.77. The van der Waals surface area contributed by atoms with Crippen LogP contribution < -0.4 is 15.4 Å². The van der Waals surface area contributed by atoms with E-state index in [0.29, 0.717) is 19.2 Å². The Morgan fingerprint density at radius 2 is 2.19 bits per heavy atom. The first-order valence-corrected chi connectivity index (χ1v) is 7.41. The summed E-state index contributed by atoms with van der Waals surface area (Å²) in [4.78, 5) is 11.7. The molecule has 1 aliphatic rings. The number of aryl methyl sites for hydroxylation is 1. The number of hydrogen-bond acceptors (Lipinski definition) is 4. The molecule has 0 radical (unpaired) electrons. The lowest BCUT2D eigenvalue weighted by Crippen LogP contribution is -2.31. The van der Waals surface area contributed by atoms with Crippen molar-refractivity contribution in [3.8, 4) is 5.75 Å². The van der Waals surface area contributed by atoms with Crippen molar-refractivity contribution >= 4 is 5.91 Å². The largest absolute Gasteiger partial charge is 0.483 e. The van der Waals surface area contributed by atoms with E-state index in [2.05, 4.69) is 10.6 Å². The molecule has 2 N–H and O–H groups in total. The standard InChI is InChI=1S/C16H24N2O3/c1-12-4-3-5-13(10-18-14-6-7-14)16(12)21-11-15(19)17-8-9-20-2/h3-5,14,18H,6-11H2,1-2H3,(H,17,19). The molecule has 2 rings (SSSR count). The molecule has 1 saturated carbocycles. The Labute approximate surface area is 126 Å². The predicted octanol–water partition coefficient (Wildman–Crippen LogP) is 1.39. The predicted molar refractivity (Wildman–Crippen MR) is 81.4 cm³/mol. The summed E-state index contributed by atoms with van der Waals surface area (Å²) >= 11 is 0. The first-order chi connectivity index (χ1) is 10.2. The number of methoxy groups -OCH3 is 1. The molecule has 0 heterocycles. The van der Waals surface area contributed by atoms with Crippen LogP contribution in [-0.4, -0.2) is 38.8 Å². The van der Waals surface area contributed by atoms with Crippen molar-refractivity contribution in [1.29, 1.82) is 0 Å². The van der Waals surface area contributed by atoms with Crippen molar-refractivity contribution < 1.29 is 14.3 Å². The minimum atomic E-state index is -0.128. The fourth-order valence-electron chi connectivity index (χ4n) is 2.08. The highest BCUT2D eigenvalue weighted by atomic mass is 16.5. The Morgan fingerprint density at radius 1 is 1.38 bits per heavy atom. The topological polar surface area (TPSA) is 59.6 Å². The minimum Gasteiger partial charge on any atom is -0.483 e. The van der Waals surface area contributed by atoms with Crippen LogP contribution in [-0.2, 0) is 16.1 Å². The molecular formula is C16H24N2O3. The van der Waals surface area contributed by atoms with Crippen molar-refractivity contribution in [1.82, 2.24) is 10.6 Å². The van der Waals surface area contributed by atoms with Gasteiger partial charge in [-0.05, 0) is 25.3 Å². The molecule has 5 nitrogen and oxygen atoms in total. The van der Waals surface area contributed by atoms with Gasteiger partial charge in [0.2, 0.25) is 0 Å². The molecular weight excluding hydrogens is 268 g/mol. The lowest BCUT2D eigenvalue weighted by Gasteiger charge is -2.14. The minimum absolute atomic E-state index is 0.0327. The van der Waals surface area contributed by atoms with Gasteiger partial charge in [-0.25, -0.2) is 0 Å². The number of benzene rings is 1. The third kappa shape index (κ3) is 5.36. The summed E-state index contributed by atoms with van der Waals surface area (Å²) in [6, 6.07) is 6.71. The molecule has 21 heavy (non-hydrogen) atoms. The first kappa shape index (κ1) is 15.8. The number of ether oxygens (including phenoxy) is 2. The van der Waals surface area contributed by atoms with E-state index in [-0.39, 0.29) is 12.5 Å². The molecule has 5 heteroatoms. The van der Waals surface area contributed by atoms with Crippen LogP contribution in [0.25, 0.3) is 0 Å². The van der Waals surface area contributed by atoms with Crippen LogP contribution in [0.3, 0.4) is 0 Å². The van der Waals surface area contributed by atoms with Gasteiger partial charge in [-0.15, -0.1) is 0 Å². The van der Waals surface area contributed by atoms with E-state index in [1.807, 2.05) is 25.1 Å². The van der Waals surface area contributed by atoms with Crippen molar-refractivity contribution in [2.45, 2.75) is 32.4 Å². The van der Waals surface area contributed by atoms with E-state index < -0.39 is 0 Å². The Balaban J connectivity index is 1.86. The molecule has 1 aliphatic carbocycles. The van der Waals surface area contributed by atoms with Crippen molar-refractivity contribution in [3.63, 3.8) is 0 Å². The van der Waals surface area contributed by atoms with Gasteiger partial charge in [0.25, 0.3) is 5.91 Å². The zero-order valence-electron chi connectivity index (χ0n) is 12.8. The Hall–Kier alpha value is -1.59. The van der Waals surface area contributed by atoms with Gasteiger partial charge >= 0.3 is 0 Å². The van der Waals surface area contributed by atoms with Crippen molar-refractivity contribution in [3.05, 3.63) is 29.3 Å². The first-order valence-electron chi connectivity index (χ1n) is 7.41. The van der Waals surface area contributed by atoms with Crippen molar-refractivity contribution in [2.24, 2.45) is 0 Å². The summed E-state index contributed by atoms with van der Waals surface area (Å²) in [5, 5.41) is 6.22. The summed E-state index contributed by atoms with van der Waals surface area (Å²) < 4.78 is 10.6. The van der Waals surface area contributed by atoms with Gasteiger partial charge in [0, 0.05) is 31.8 Å². The number of para-hydroxylation sites is 1. The molecule has 0 bridgehead atoms. The Morgan fingerprint density at radius 3 is 2.90 bits per heavy atom. The zero-order chi connectivity index (χ0) is 15.1. The number of nitrogens with one attached hydrogen (secondary N) is 2. The van der Waals surface area contributed by atoms with Gasteiger partial charge in [0.05, 0.1) is 6.61 Å². The maximum atomic E-state index is 11.7. The fourth-order valence-corrected chi connectivity index (χ4v) is 2.08. The lowest BCUT2D eigenvalue weighted by atomic mass is 10.1. The van der Waals surface area contributed by atoms with Crippen LogP contribution in [0.2, 0.25) is 0 Å². The summed E-state index contributed by atoms with van der Waals surface area (Å²) in [7, 11) is 1.61. The van der Waals surface area contributed by atoms with Crippen LogP contribution in [0.4, 0.5) is 0 Å². The third-order valence-electron chi connectivity index (χ3n) is 3.43. The smallest absolute Gasteiger partial charge is 0.258 e. The highest BCUT2D eigenvalue weighted by Crippen LogP contribution is 2.25. The van der Waals surface area contributed by atoms with Crippen LogP contribution in [0.5, 0.6) is 5.75 Å². The van der Waals surface area contributed by atoms with Crippen molar-refractivity contribution in [2.75, 3.05) is 26.9 Å². The molecule has 1 aromatic rings. The number of hydrogen-bond donors (Lipinski definition) is 2. The van der Waals surface area contributed by atoms with E-state index in [1.54, 1.807) is 7.11 Å². The second-order valence-electron chi connectivity index (χ2n) is 5.35. The summed E-state index contributed by atoms with van der Waals surface area (Å²) in [6.45, 7) is 3.83. The van der Waals surface area contributed by atoms with E-state index in [9.17, 15) is 4.79 Å². The molecule has 0 atom stereocenters. The molecule has 116 valence electrons. The number of carbonyl (C=O) groups excluding carboxylic acids is 1. The summed E-state index contributed by atoms with van der Waals surface area (Å²) in [5.74, 6) is 0.684. The van der Waals surface area contributed by atoms with Crippen LogP contribution >= 0.6 is 0 Å². The maximum absolute atomic E-state index is 11.7. The summed E-state index contributed by atoms with van der Waals surface area (Å²) in [5.41, 5.74) is 2.15. The highest BCUT2D eigenvalue weighted by Gasteiger charge is 2.21. The summed E-state index contributed by atoms with van der Waals surface area (Å²) in [6.07, 6.45) is 2.51. The van der Waals surface area contributed by atoms with Gasteiger partial charge in [0.15, 0.2) is 6.61 Å². The average molecular weight is 292 g/mol. The van der Waals surface area contributed by atoms with E-state index in [1.165, 1.54) is 12.8 Å². The molecule has 0 spiro atoms. The van der Waals surface area contributed by atoms with Crippen LogP contribution in [0.1, 0.15) is 24.0 Å². The van der Waals surface area contributed by atoms with Gasteiger partial charge in [-0.1, -0.05) is 18.2 Å². The molecule has 0 aliphatic heterocycles. The molecule has 1 amide bonds. The van der Waals surface area contributed by atoms with Gasteiger partial charge in [0.1, 0.15) is 5.75 Å². The molecule has 0 saturated heterocycles. The third-order valence-corrected chi connectivity index (χ3v) is 3.43. The number of carbonyl (C=O) groups is 1. The Kier molecular flexibility index (Phi) is 6.02. The van der Waals surface area contributed by atoms with Gasteiger partial charge in [-0.3, -0.25) is 4.79 Å². The number of rotatable bonds is 9. The molecule has 1 fully saturated rings. The maximum Gasteiger partial charge on any atom is 0.258 e. The quantitative estimate of drug-likeness (QED) is 0.675. The number of amides is 1. The second kappa shape index (κ2) is 8.00. The lowest BCUT2D eigenvalue weighted by molar-refractivity contribution is -0.123.